The minimum absolute atomic E-state index is 0. The summed E-state index contributed by atoms with van der Waals surface area (Å²) in [5.74, 6) is 1.44. The van der Waals surface area contributed by atoms with Gasteiger partial charge in [0.2, 0.25) is 0 Å². The molecule has 140 valence electrons. The summed E-state index contributed by atoms with van der Waals surface area (Å²) in [4.78, 5) is 7.80. The third-order valence-electron chi connectivity index (χ3n) is 4.08. The molecule has 1 aliphatic heterocycles. The second kappa shape index (κ2) is 12.6. The molecule has 0 spiro atoms. The molecule has 0 aromatic heterocycles. The van der Waals surface area contributed by atoms with Crippen molar-refractivity contribution in [2.45, 2.75) is 25.7 Å². The molecule has 1 heterocycles. The fourth-order valence-electron chi connectivity index (χ4n) is 2.78. The lowest BCUT2D eigenvalue weighted by Gasteiger charge is -2.25. The Morgan fingerprint density at radius 1 is 1.08 bits per heavy atom. The first-order chi connectivity index (χ1) is 11.8. The van der Waals surface area contributed by atoms with Crippen LogP contribution in [-0.2, 0) is 4.84 Å². The first kappa shape index (κ1) is 21.3. The summed E-state index contributed by atoms with van der Waals surface area (Å²) in [6.07, 6.45) is 10.5. The quantitative estimate of drug-likeness (QED) is 0.364. The maximum absolute atomic E-state index is 5.29. The van der Waals surface area contributed by atoms with Crippen molar-refractivity contribution in [1.82, 2.24) is 4.90 Å². The van der Waals surface area contributed by atoms with Crippen LogP contribution in [0.4, 0.5) is 0 Å². The number of methoxy groups -OCH3 is 2. The summed E-state index contributed by atoms with van der Waals surface area (Å²) >= 11 is 0. The van der Waals surface area contributed by atoms with E-state index in [4.69, 9.17) is 14.3 Å². The van der Waals surface area contributed by atoms with Gasteiger partial charge in [0.15, 0.2) is 11.5 Å². The number of hydrogen-bond donors (Lipinski definition) is 0. The number of likely N-dealkylation sites (tertiary alicyclic amines) is 1. The van der Waals surface area contributed by atoms with Gasteiger partial charge in [-0.15, -0.1) is 0 Å². The third-order valence-corrected chi connectivity index (χ3v) is 4.08. The maximum Gasteiger partial charge on any atom is 0.161 e. The summed E-state index contributed by atoms with van der Waals surface area (Å²) in [7, 11) is 3.26. The molecule has 0 saturated carbocycles. The Bertz CT molecular complexity index is 543. The van der Waals surface area contributed by atoms with Gasteiger partial charge in [-0.3, -0.25) is 0 Å². The molecular formula is C19H28ClN2O3-. The van der Waals surface area contributed by atoms with Gasteiger partial charge in [-0.25, -0.2) is 0 Å². The third kappa shape index (κ3) is 7.80. The Balaban J connectivity index is 0.00000312. The highest BCUT2D eigenvalue weighted by Crippen LogP contribution is 2.27. The van der Waals surface area contributed by atoms with E-state index in [2.05, 4.69) is 10.1 Å². The summed E-state index contributed by atoms with van der Waals surface area (Å²) < 4.78 is 10.5. The van der Waals surface area contributed by atoms with Crippen LogP contribution in [0.25, 0.3) is 6.08 Å². The van der Waals surface area contributed by atoms with Gasteiger partial charge in [-0.05, 0) is 56.1 Å². The molecule has 25 heavy (non-hydrogen) atoms. The second-order valence-corrected chi connectivity index (χ2v) is 5.82. The second-order valence-electron chi connectivity index (χ2n) is 5.82. The zero-order valence-electron chi connectivity index (χ0n) is 15.1. The summed E-state index contributed by atoms with van der Waals surface area (Å²) in [5, 5.41) is 3.96. The fraction of sp³-hybridized carbons (Fsp3) is 0.526. The summed E-state index contributed by atoms with van der Waals surface area (Å²) in [6, 6.07) is 5.76. The van der Waals surface area contributed by atoms with E-state index < -0.39 is 0 Å². The zero-order valence-corrected chi connectivity index (χ0v) is 15.9. The highest BCUT2D eigenvalue weighted by atomic mass is 35.5. The van der Waals surface area contributed by atoms with Crippen molar-refractivity contribution in [1.29, 1.82) is 0 Å². The Labute approximate surface area is 157 Å². The van der Waals surface area contributed by atoms with Gasteiger partial charge in [0, 0.05) is 6.54 Å². The van der Waals surface area contributed by atoms with Crippen molar-refractivity contribution in [3.05, 3.63) is 29.8 Å². The van der Waals surface area contributed by atoms with Crippen LogP contribution in [0.2, 0.25) is 0 Å². The SMILES string of the molecule is COc1ccc(/C=C/C=N/OCCCN2CCCCC2)cc1OC.[Cl-]. The lowest BCUT2D eigenvalue weighted by atomic mass is 10.1. The van der Waals surface area contributed by atoms with Gasteiger partial charge in [0.1, 0.15) is 6.61 Å². The van der Waals surface area contributed by atoms with Gasteiger partial charge in [0.25, 0.3) is 0 Å². The highest BCUT2D eigenvalue weighted by Gasteiger charge is 2.08. The van der Waals surface area contributed by atoms with Crippen molar-refractivity contribution in [2.24, 2.45) is 5.16 Å². The smallest absolute Gasteiger partial charge is 0.161 e. The largest absolute Gasteiger partial charge is 1.00 e. The van der Waals surface area contributed by atoms with Crippen molar-refractivity contribution in [2.75, 3.05) is 40.5 Å². The Hall–Kier alpha value is -1.72. The van der Waals surface area contributed by atoms with Crippen LogP contribution in [0.15, 0.2) is 29.4 Å². The van der Waals surface area contributed by atoms with Gasteiger partial charge < -0.3 is 31.6 Å². The first-order valence-electron chi connectivity index (χ1n) is 8.60. The predicted octanol–water partition coefficient (Wildman–Crippen LogP) is 0.599. The molecule has 1 aromatic carbocycles. The van der Waals surface area contributed by atoms with Crippen molar-refractivity contribution >= 4 is 12.3 Å². The number of rotatable bonds is 9. The van der Waals surface area contributed by atoms with Crippen LogP contribution in [0.1, 0.15) is 31.2 Å². The van der Waals surface area contributed by atoms with Crippen molar-refractivity contribution in [3.63, 3.8) is 0 Å². The van der Waals surface area contributed by atoms with E-state index in [0.717, 1.165) is 24.3 Å². The molecule has 1 aromatic rings. The lowest BCUT2D eigenvalue weighted by molar-refractivity contribution is -0.00000592. The van der Waals surface area contributed by atoms with Gasteiger partial charge in [0.05, 0.1) is 20.4 Å². The van der Waals surface area contributed by atoms with Crippen LogP contribution in [0.3, 0.4) is 0 Å². The molecule has 2 rings (SSSR count). The monoisotopic (exact) mass is 367 g/mol. The average molecular weight is 368 g/mol. The molecule has 0 atom stereocenters. The summed E-state index contributed by atoms with van der Waals surface area (Å²) in [6.45, 7) is 4.24. The fourth-order valence-corrected chi connectivity index (χ4v) is 2.78. The Morgan fingerprint density at radius 3 is 2.56 bits per heavy atom. The molecule has 6 heteroatoms. The summed E-state index contributed by atoms with van der Waals surface area (Å²) in [5.41, 5.74) is 1.02. The topological polar surface area (TPSA) is 43.3 Å². The molecule has 5 nitrogen and oxygen atoms in total. The van der Waals surface area contributed by atoms with E-state index >= 15 is 0 Å². The normalized spacial score (nSPS) is 15.3. The number of piperidine rings is 1. The molecule has 1 saturated heterocycles. The lowest BCUT2D eigenvalue weighted by Crippen LogP contribution is -3.00. The standard InChI is InChI=1S/C19H28N2O3.ClH/c1-22-18-10-9-17(16-19(18)23-2)8-6-11-20-24-15-7-14-21-12-4-3-5-13-21;/h6,8-11,16H,3-5,7,12-15H2,1-2H3;1H/p-1/b8-6+,20-11+;. The highest BCUT2D eigenvalue weighted by molar-refractivity contribution is 5.78. The van der Waals surface area contributed by atoms with E-state index in [0.29, 0.717) is 12.4 Å². The molecular weight excluding hydrogens is 340 g/mol. The zero-order chi connectivity index (χ0) is 17.0. The van der Waals surface area contributed by atoms with E-state index in [-0.39, 0.29) is 12.4 Å². The van der Waals surface area contributed by atoms with E-state index in [9.17, 15) is 0 Å². The number of nitrogens with zero attached hydrogens (tertiary/aromatic N) is 2. The van der Waals surface area contributed by atoms with Crippen LogP contribution in [0, 0.1) is 0 Å². The number of halogens is 1. The molecule has 1 aliphatic rings. The maximum atomic E-state index is 5.29. The van der Waals surface area contributed by atoms with Crippen LogP contribution < -0.4 is 21.9 Å². The molecule has 0 radical (unpaired) electrons. The van der Waals surface area contributed by atoms with Crippen LogP contribution in [-0.4, -0.2) is 51.6 Å². The van der Waals surface area contributed by atoms with Crippen molar-refractivity contribution < 1.29 is 26.7 Å². The van der Waals surface area contributed by atoms with Gasteiger partial charge in [-0.2, -0.15) is 0 Å². The van der Waals surface area contributed by atoms with Gasteiger partial charge >= 0.3 is 0 Å². The molecule has 0 amide bonds. The van der Waals surface area contributed by atoms with Crippen LogP contribution >= 0.6 is 0 Å². The molecule has 1 fully saturated rings. The molecule has 0 unspecified atom stereocenters. The number of oxime groups is 1. The van der Waals surface area contributed by atoms with Crippen molar-refractivity contribution in [3.8, 4) is 11.5 Å². The first-order valence-corrected chi connectivity index (χ1v) is 8.60. The molecule has 0 N–H and O–H groups in total. The Morgan fingerprint density at radius 2 is 1.84 bits per heavy atom. The predicted molar refractivity (Wildman–Crippen MR) is 97.9 cm³/mol. The van der Waals surface area contributed by atoms with Gasteiger partial charge in [-0.1, -0.05) is 23.7 Å². The number of ether oxygens (including phenoxy) is 2. The average Bonchev–Trinajstić information content (AvgIpc) is 2.64. The number of hydrogen-bond acceptors (Lipinski definition) is 5. The number of allylic oxidation sites excluding steroid dienone is 1. The molecule has 0 aliphatic carbocycles. The van der Waals surface area contributed by atoms with E-state index in [1.54, 1.807) is 20.4 Å². The minimum atomic E-state index is 0. The minimum Gasteiger partial charge on any atom is -1.00 e. The van der Waals surface area contributed by atoms with Crippen LogP contribution in [0.5, 0.6) is 11.5 Å². The van der Waals surface area contributed by atoms with E-state index in [1.165, 1.54) is 32.4 Å². The Kier molecular flexibility index (Phi) is 10.8. The number of benzene rings is 1. The molecule has 0 bridgehead atoms. The van der Waals surface area contributed by atoms with E-state index in [1.807, 2.05) is 30.4 Å².